The summed E-state index contributed by atoms with van der Waals surface area (Å²) in [6.45, 7) is 4.18. The van der Waals surface area contributed by atoms with Crippen molar-refractivity contribution in [2.24, 2.45) is 0 Å². The average molecular weight is 333 g/mol. The Morgan fingerprint density at radius 1 is 1.35 bits per heavy atom. The molecule has 1 N–H and O–H groups in total. The second kappa shape index (κ2) is 7.82. The molecule has 0 aliphatic rings. The summed E-state index contributed by atoms with van der Waals surface area (Å²) < 4.78 is 6.71. The lowest BCUT2D eigenvalue weighted by atomic mass is 10.3. The van der Waals surface area contributed by atoms with Crippen LogP contribution in [0.25, 0.3) is 0 Å². The summed E-state index contributed by atoms with van der Waals surface area (Å²) in [6, 6.07) is 8.51. The van der Waals surface area contributed by atoms with Gasteiger partial charge < -0.3 is 10.1 Å². The first-order chi connectivity index (χ1) is 11.0. The van der Waals surface area contributed by atoms with Crippen molar-refractivity contribution in [3.63, 3.8) is 0 Å². The van der Waals surface area contributed by atoms with Crippen molar-refractivity contribution >= 4 is 23.4 Å². The van der Waals surface area contributed by atoms with Crippen molar-refractivity contribution in [2.45, 2.75) is 25.5 Å². The number of amides is 1. The number of ether oxygens (including phenoxy) is 1. The molecule has 23 heavy (non-hydrogen) atoms. The molecule has 0 fully saturated rings. The fraction of sp³-hybridized carbons (Fsp3) is 0.312. The van der Waals surface area contributed by atoms with E-state index in [1.807, 2.05) is 13.2 Å². The van der Waals surface area contributed by atoms with E-state index < -0.39 is 0 Å². The number of benzene rings is 1. The average Bonchev–Trinajstić information content (AvgIpc) is 2.52. The molecule has 0 spiro atoms. The summed E-state index contributed by atoms with van der Waals surface area (Å²) >= 11 is 1.33. The third kappa shape index (κ3) is 4.59. The summed E-state index contributed by atoms with van der Waals surface area (Å²) in [7, 11) is 0. The van der Waals surface area contributed by atoms with Crippen molar-refractivity contribution in [3.8, 4) is 5.75 Å². The van der Waals surface area contributed by atoms with Gasteiger partial charge in [-0.3, -0.25) is 14.2 Å². The Bertz CT molecular complexity index is 741. The normalized spacial score (nSPS) is 10.4. The van der Waals surface area contributed by atoms with Crippen molar-refractivity contribution in [3.05, 3.63) is 46.4 Å². The van der Waals surface area contributed by atoms with E-state index in [1.54, 1.807) is 31.2 Å². The molecule has 1 aromatic heterocycles. The lowest BCUT2D eigenvalue weighted by Gasteiger charge is -2.11. The highest BCUT2D eigenvalue weighted by molar-refractivity contribution is 7.98. The molecular formula is C16H19N3O3S. The predicted molar refractivity (Wildman–Crippen MR) is 91.3 cm³/mol. The molecule has 2 aromatic rings. The van der Waals surface area contributed by atoms with E-state index in [0.717, 1.165) is 5.75 Å². The van der Waals surface area contributed by atoms with Crippen molar-refractivity contribution < 1.29 is 9.53 Å². The van der Waals surface area contributed by atoms with Crippen LogP contribution < -0.4 is 15.6 Å². The standard InChI is InChI=1S/C16H19N3O3S/c1-4-22-13-7-5-12(6-8-13)18-14(20)10-19-15(21)9-11(2)17-16(19)23-3/h5-9H,4,10H2,1-3H3,(H,18,20). The second-order valence-electron chi connectivity index (χ2n) is 4.81. The van der Waals surface area contributed by atoms with Crippen LogP contribution in [-0.2, 0) is 11.3 Å². The Morgan fingerprint density at radius 2 is 2.04 bits per heavy atom. The number of rotatable bonds is 6. The monoisotopic (exact) mass is 333 g/mol. The molecule has 1 heterocycles. The predicted octanol–water partition coefficient (Wildman–Crippen LogP) is 2.31. The maximum absolute atomic E-state index is 12.2. The molecule has 0 aliphatic carbocycles. The van der Waals surface area contributed by atoms with Gasteiger partial charge in [-0.2, -0.15) is 0 Å². The van der Waals surface area contributed by atoms with Crippen LogP contribution in [0.1, 0.15) is 12.6 Å². The van der Waals surface area contributed by atoms with Gasteiger partial charge in [0, 0.05) is 17.4 Å². The highest BCUT2D eigenvalue weighted by Gasteiger charge is 2.11. The van der Waals surface area contributed by atoms with Gasteiger partial charge in [-0.15, -0.1) is 0 Å². The van der Waals surface area contributed by atoms with Crippen molar-refractivity contribution in [1.82, 2.24) is 9.55 Å². The Balaban J connectivity index is 2.09. The lowest BCUT2D eigenvalue weighted by molar-refractivity contribution is -0.116. The van der Waals surface area contributed by atoms with Gasteiger partial charge in [0.2, 0.25) is 5.91 Å². The zero-order valence-electron chi connectivity index (χ0n) is 13.3. The van der Waals surface area contributed by atoms with Crippen LogP contribution >= 0.6 is 11.8 Å². The van der Waals surface area contributed by atoms with Gasteiger partial charge in [0.1, 0.15) is 12.3 Å². The van der Waals surface area contributed by atoms with Crippen LogP contribution in [0.15, 0.2) is 40.3 Å². The van der Waals surface area contributed by atoms with Crippen LogP contribution in [0, 0.1) is 6.92 Å². The number of aryl methyl sites for hydroxylation is 1. The van der Waals surface area contributed by atoms with Gasteiger partial charge in [0.15, 0.2) is 5.16 Å². The zero-order valence-corrected chi connectivity index (χ0v) is 14.1. The number of nitrogens with zero attached hydrogens (tertiary/aromatic N) is 2. The second-order valence-corrected chi connectivity index (χ2v) is 5.59. The number of anilines is 1. The lowest BCUT2D eigenvalue weighted by Crippen LogP contribution is -2.29. The van der Waals surface area contributed by atoms with Gasteiger partial charge in [0.05, 0.1) is 6.61 Å². The topological polar surface area (TPSA) is 73.2 Å². The van der Waals surface area contributed by atoms with Crippen LogP contribution in [0.3, 0.4) is 0 Å². The zero-order chi connectivity index (χ0) is 16.8. The Kier molecular flexibility index (Phi) is 5.81. The van der Waals surface area contributed by atoms with Crippen LogP contribution in [0.4, 0.5) is 5.69 Å². The third-order valence-corrected chi connectivity index (χ3v) is 3.71. The van der Waals surface area contributed by atoms with E-state index in [4.69, 9.17) is 4.74 Å². The van der Waals surface area contributed by atoms with Gasteiger partial charge in [-0.1, -0.05) is 11.8 Å². The smallest absolute Gasteiger partial charge is 0.254 e. The fourth-order valence-electron chi connectivity index (χ4n) is 2.04. The first kappa shape index (κ1) is 17.1. The van der Waals surface area contributed by atoms with Crippen LogP contribution in [0.2, 0.25) is 0 Å². The third-order valence-electron chi connectivity index (χ3n) is 3.03. The Labute approximate surface area is 138 Å². The molecule has 122 valence electrons. The minimum Gasteiger partial charge on any atom is -0.494 e. The number of hydrogen-bond acceptors (Lipinski definition) is 5. The van der Waals surface area contributed by atoms with Gasteiger partial charge in [-0.25, -0.2) is 4.98 Å². The van der Waals surface area contributed by atoms with E-state index >= 15 is 0 Å². The summed E-state index contributed by atoms with van der Waals surface area (Å²) in [6.07, 6.45) is 1.82. The maximum Gasteiger partial charge on any atom is 0.254 e. The molecule has 7 heteroatoms. The Morgan fingerprint density at radius 3 is 2.65 bits per heavy atom. The summed E-state index contributed by atoms with van der Waals surface area (Å²) in [5, 5.41) is 3.29. The van der Waals surface area contributed by atoms with E-state index in [9.17, 15) is 9.59 Å². The molecule has 0 saturated carbocycles. The molecule has 1 aromatic carbocycles. The van der Waals surface area contributed by atoms with Gasteiger partial charge >= 0.3 is 0 Å². The number of hydrogen-bond donors (Lipinski definition) is 1. The SMILES string of the molecule is CCOc1ccc(NC(=O)Cn2c(SC)nc(C)cc2=O)cc1. The maximum atomic E-state index is 12.2. The van der Waals surface area contributed by atoms with E-state index in [2.05, 4.69) is 10.3 Å². The summed E-state index contributed by atoms with van der Waals surface area (Å²) in [5.41, 5.74) is 1.06. The number of carbonyl (C=O) groups excluding carboxylic acids is 1. The molecule has 1 amide bonds. The van der Waals surface area contributed by atoms with Crippen LogP contribution in [-0.4, -0.2) is 28.3 Å². The van der Waals surface area contributed by atoms with Crippen molar-refractivity contribution in [1.29, 1.82) is 0 Å². The van der Waals surface area contributed by atoms with Gasteiger partial charge in [0.25, 0.3) is 5.56 Å². The highest BCUT2D eigenvalue weighted by atomic mass is 32.2. The minimum absolute atomic E-state index is 0.0739. The van der Waals surface area contributed by atoms with E-state index in [-0.39, 0.29) is 18.0 Å². The Hall–Kier alpha value is -2.28. The van der Waals surface area contributed by atoms with E-state index in [0.29, 0.717) is 23.1 Å². The number of nitrogens with one attached hydrogen (secondary N) is 1. The van der Waals surface area contributed by atoms with Crippen LogP contribution in [0.5, 0.6) is 5.75 Å². The largest absolute Gasteiger partial charge is 0.494 e. The fourth-order valence-corrected chi connectivity index (χ4v) is 2.65. The first-order valence-electron chi connectivity index (χ1n) is 7.18. The molecule has 0 unspecified atom stereocenters. The molecule has 0 radical (unpaired) electrons. The summed E-state index contributed by atoms with van der Waals surface area (Å²) in [5.74, 6) is 0.464. The number of thioether (sulfide) groups is 1. The van der Waals surface area contributed by atoms with E-state index in [1.165, 1.54) is 22.4 Å². The molecule has 6 nitrogen and oxygen atoms in total. The quantitative estimate of drug-likeness (QED) is 0.649. The highest BCUT2D eigenvalue weighted by Crippen LogP contribution is 2.16. The summed E-state index contributed by atoms with van der Waals surface area (Å²) in [4.78, 5) is 28.5. The first-order valence-corrected chi connectivity index (χ1v) is 8.41. The molecule has 0 bridgehead atoms. The molecule has 2 rings (SSSR count). The molecular weight excluding hydrogens is 314 g/mol. The number of aromatic nitrogens is 2. The van der Waals surface area contributed by atoms with Gasteiger partial charge in [-0.05, 0) is 44.4 Å². The van der Waals surface area contributed by atoms with Crippen molar-refractivity contribution in [2.75, 3.05) is 18.2 Å². The minimum atomic E-state index is -0.280. The molecule has 0 atom stereocenters. The molecule has 0 saturated heterocycles. The number of carbonyl (C=O) groups is 1. The molecule has 0 aliphatic heterocycles.